The summed E-state index contributed by atoms with van der Waals surface area (Å²) in [5.74, 6) is 0.0667. The Morgan fingerprint density at radius 2 is 1.80 bits per heavy atom. The first kappa shape index (κ1) is 29.1. The predicted molar refractivity (Wildman–Crippen MR) is 172 cm³/mol. The minimum Gasteiger partial charge on any atom is -0.508 e. The maximum atomic E-state index is 16.8. The Morgan fingerprint density at radius 1 is 1.04 bits per heavy atom. The second-order valence-corrected chi connectivity index (χ2v) is 13.2. The van der Waals surface area contributed by atoms with Crippen LogP contribution < -0.4 is 15.0 Å². The van der Waals surface area contributed by atoms with E-state index in [4.69, 9.17) is 30.8 Å². The van der Waals surface area contributed by atoms with Crippen LogP contribution in [0.1, 0.15) is 25.7 Å². The van der Waals surface area contributed by atoms with E-state index in [9.17, 15) is 5.11 Å². The number of phenolic OH excluding ortho intramolecular Hbond substituents is 1. The van der Waals surface area contributed by atoms with Crippen LogP contribution in [0, 0.1) is 5.82 Å². The summed E-state index contributed by atoms with van der Waals surface area (Å²) in [7, 11) is 1.69. The smallest absolute Gasteiger partial charge is 0.319 e. The van der Waals surface area contributed by atoms with E-state index in [0.29, 0.717) is 40.9 Å². The largest absolute Gasteiger partial charge is 0.508 e. The molecule has 236 valence electrons. The van der Waals surface area contributed by atoms with E-state index in [-0.39, 0.29) is 40.6 Å². The highest BCUT2D eigenvalue weighted by Gasteiger charge is 2.39. The Morgan fingerprint density at radius 3 is 2.56 bits per heavy atom. The summed E-state index contributed by atoms with van der Waals surface area (Å²) in [6.45, 7) is 3.94. The van der Waals surface area contributed by atoms with Gasteiger partial charge < -0.3 is 29.5 Å². The van der Waals surface area contributed by atoms with Gasteiger partial charge in [-0.25, -0.2) is 4.39 Å². The van der Waals surface area contributed by atoms with Crippen LogP contribution in [-0.4, -0.2) is 96.8 Å². The highest BCUT2D eigenvalue weighted by atomic mass is 35.5. The van der Waals surface area contributed by atoms with Gasteiger partial charge in [-0.05, 0) is 60.2 Å². The molecule has 4 saturated heterocycles. The molecule has 3 aromatic carbocycles. The van der Waals surface area contributed by atoms with Crippen molar-refractivity contribution in [1.29, 1.82) is 0 Å². The molecule has 11 heteroatoms. The number of methoxy groups -OCH3 is 1. The first-order chi connectivity index (χ1) is 21.9. The fraction of sp³-hybridized carbons (Fsp3) is 0.471. The van der Waals surface area contributed by atoms with E-state index in [0.717, 1.165) is 69.3 Å². The number of benzene rings is 3. The fourth-order valence-corrected chi connectivity index (χ4v) is 8.09. The lowest BCUT2D eigenvalue weighted by molar-refractivity contribution is -0.0481. The highest BCUT2D eigenvalue weighted by molar-refractivity contribution is 6.35. The van der Waals surface area contributed by atoms with Crippen LogP contribution >= 0.6 is 11.6 Å². The molecule has 0 saturated carbocycles. The number of anilines is 1. The molecular formula is C34H37ClFN5O4. The average molecular weight is 634 g/mol. The third-order valence-corrected chi connectivity index (χ3v) is 10.3. The molecule has 5 atom stereocenters. The summed E-state index contributed by atoms with van der Waals surface area (Å²) in [6.07, 6.45) is 4.23. The summed E-state index contributed by atoms with van der Waals surface area (Å²) in [5.41, 5.74) is 0.815. The van der Waals surface area contributed by atoms with Gasteiger partial charge in [-0.3, -0.25) is 4.90 Å². The monoisotopic (exact) mass is 633 g/mol. The van der Waals surface area contributed by atoms with E-state index in [1.165, 1.54) is 0 Å². The number of ether oxygens (including phenoxy) is 3. The molecular weight excluding hydrogens is 597 g/mol. The lowest BCUT2D eigenvalue weighted by atomic mass is 9.96. The van der Waals surface area contributed by atoms with Crippen molar-refractivity contribution < 1.29 is 23.7 Å². The molecule has 9 nitrogen and oxygen atoms in total. The van der Waals surface area contributed by atoms with Crippen LogP contribution in [0.3, 0.4) is 0 Å². The van der Waals surface area contributed by atoms with Crippen LogP contribution in [0.2, 0.25) is 5.02 Å². The number of morpholine rings is 1. The number of fused-ring (bicyclic) bond motifs is 6. The van der Waals surface area contributed by atoms with Crippen molar-refractivity contribution >= 4 is 39.1 Å². The van der Waals surface area contributed by atoms with Gasteiger partial charge in [-0.1, -0.05) is 35.9 Å². The number of aromatic hydroxyl groups is 1. The van der Waals surface area contributed by atoms with Gasteiger partial charge in [0.05, 0.1) is 18.2 Å². The number of hydrogen-bond acceptors (Lipinski definition) is 9. The van der Waals surface area contributed by atoms with E-state index in [1.807, 2.05) is 24.3 Å². The van der Waals surface area contributed by atoms with Gasteiger partial charge in [-0.2, -0.15) is 9.97 Å². The molecule has 0 aliphatic carbocycles. The molecule has 0 spiro atoms. The minimum absolute atomic E-state index is 0.0299. The molecule has 4 unspecified atom stereocenters. The molecule has 4 aliphatic heterocycles. The normalized spacial score (nSPS) is 25.4. The van der Waals surface area contributed by atoms with Crippen molar-refractivity contribution in [3.63, 3.8) is 0 Å². The van der Waals surface area contributed by atoms with E-state index < -0.39 is 5.82 Å². The van der Waals surface area contributed by atoms with Gasteiger partial charge in [0, 0.05) is 61.9 Å². The molecule has 0 radical (unpaired) electrons. The third-order valence-electron chi connectivity index (χ3n) is 10.0. The predicted octanol–water partition coefficient (Wildman–Crippen LogP) is 5.15. The number of hydrogen-bond donors (Lipinski definition) is 2. The molecule has 5 heterocycles. The molecule has 4 aliphatic rings. The van der Waals surface area contributed by atoms with Crippen molar-refractivity contribution in [2.75, 3.05) is 51.5 Å². The number of aromatic nitrogens is 2. The SMILES string of the molecule is CO[C@H](COc1nc(N2CC3CCC(C2)N3)c2cc(Cl)c(-c3cc(O)cc4ccccc34)c(F)c2n1)CN1C2CCC1COC2. The number of halogens is 2. The quantitative estimate of drug-likeness (QED) is 0.273. The third kappa shape index (κ3) is 5.36. The lowest BCUT2D eigenvalue weighted by Crippen LogP contribution is -2.51. The molecule has 45 heavy (non-hydrogen) atoms. The Kier molecular flexibility index (Phi) is 7.66. The van der Waals surface area contributed by atoms with Crippen LogP contribution in [0.15, 0.2) is 42.5 Å². The molecule has 1 aromatic heterocycles. The zero-order valence-electron chi connectivity index (χ0n) is 25.2. The van der Waals surface area contributed by atoms with Gasteiger partial charge in [0.15, 0.2) is 5.82 Å². The maximum Gasteiger partial charge on any atom is 0.319 e. The van der Waals surface area contributed by atoms with E-state index in [2.05, 4.69) is 20.1 Å². The van der Waals surface area contributed by atoms with Crippen molar-refractivity contribution in [2.45, 2.75) is 56.0 Å². The number of rotatable bonds is 8. The number of piperazine rings is 1. The van der Waals surface area contributed by atoms with Crippen molar-refractivity contribution in [1.82, 2.24) is 20.2 Å². The second-order valence-electron chi connectivity index (χ2n) is 12.8. The Labute approximate surface area is 266 Å². The van der Waals surface area contributed by atoms with Crippen LogP contribution in [0.4, 0.5) is 10.2 Å². The van der Waals surface area contributed by atoms with Gasteiger partial charge in [0.1, 0.15) is 29.8 Å². The molecule has 8 rings (SSSR count). The number of phenols is 1. The van der Waals surface area contributed by atoms with Crippen molar-refractivity contribution in [2.24, 2.45) is 0 Å². The summed E-state index contributed by atoms with van der Waals surface area (Å²) < 4.78 is 34.7. The summed E-state index contributed by atoms with van der Waals surface area (Å²) in [5, 5.41) is 16.5. The van der Waals surface area contributed by atoms with Gasteiger partial charge in [0.25, 0.3) is 0 Å². The van der Waals surface area contributed by atoms with Crippen LogP contribution in [0.5, 0.6) is 11.8 Å². The van der Waals surface area contributed by atoms with Crippen LogP contribution in [-0.2, 0) is 9.47 Å². The Bertz CT molecular complexity index is 1730. The summed E-state index contributed by atoms with van der Waals surface area (Å²) in [6, 6.07) is 14.1. The second kappa shape index (κ2) is 11.8. The zero-order valence-corrected chi connectivity index (χ0v) is 26.0. The first-order valence-corrected chi connectivity index (χ1v) is 16.2. The number of nitrogens with zero attached hydrogens (tertiary/aromatic N) is 4. The van der Waals surface area contributed by atoms with Crippen LogP contribution in [0.25, 0.3) is 32.8 Å². The van der Waals surface area contributed by atoms with Crippen molar-refractivity contribution in [3.05, 3.63) is 53.3 Å². The van der Waals surface area contributed by atoms with Crippen molar-refractivity contribution in [3.8, 4) is 22.9 Å². The van der Waals surface area contributed by atoms with E-state index >= 15 is 4.39 Å². The van der Waals surface area contributed by atoms with Gasteiger partial charge in [0.2, 0.25) is 0 Å². The molecule has 4 aromatic rings. The molecule has 2 N–H and O–H groups in total. The average Bonchev–Trinajstić information content (AvgIpc) is 3.48. The standard InChI is InChI=1S/C34H37ClFN5O4/c1-43-25(15-41-22-8-9-23(41)17-44-16-22)18-45-34-38-32-28(33(39-34)40-13-20-6-7-21(14-40)37-20)12-29(35)30(31(32)36)27-11-24(42)10-19-4-2-3-5-26(19)27/h2-5,10-12,20-23,25,37,42H,6-9,13-18H2,1H3/t20?,21?,22?,23?,25-/m0/s1. The summed E-state index contributed by atoms with van der Waals surface area (Å²) >= 11 is 6.89. The minimum atomic E-state index is -0.576. The highest BCUT2D eigenvalue weighted by Crippen LogP contribution is 2.43. The maximum absolute atomic E-state index is 16.8. The molecule has 4 fully saturated rings. The topological polar surface area (TPSA) is 92.2 Å². The lowest BCUT2D eigenvalue weighted by Gasteiger charge is -2.36. The zero-order chi connectivity index (χ0) is 30.7. The van der Waals surface area contributed by atoms with Gasteiger partial charge >= 0.3 is 6.01 Å². The Hall–Kier alpha value is -3.28. The Balaban J connectivity index is 1.19. The van der Waals surface area contributed by atoms with Gasteiger partial charge in [-0.15, -0.1) is 0 Å². The summed E-state index contributed by atoms with van der Waals surface area (Å²) in [4.78, 5) is 14.2. The fourth-order valence-electron chi connectivity index (χ4n) is 7.79. The number of nitrogens with one attached hydrogen (secondary N) is 1. The first-order valence-electron chi connectivity index (χ1n) is 15.9. The molecule has 0 amide bonds. The van der Waals surface area contributed by atoms with E-state index in [1.54, 1.807) is 25.3 Å². The molecule has 4 bridgehead atoms.